The minimum atomic E-state index is 0.590. The molecule has 0 aliphatic heterocycles. The summed E-state index contributed by atoms with van der Waals surface area (Å²) in [5.41, 5.74) is 18.2. The summed E-state index contributed by atoms with van der Waals surface area (Å²) < 4.78 is 4.76. The van der Waals surface area contributed by atoms with Crippen molar-refractivity contribution in [3.05, 3.63) is 315 Å². The number of aromatic nitrogens is 10. The van der Waals surface area contributed by atoms with Crippen molar-refractivity contribution in [3.63, 3.8) is 0 Å². The van der Waals surface area contributed by atoms with E-state index < -0.39 is 0 Å². The molecule has 0 bridgehead atoms. The quantitative estimate of drug-likeness (QED) is 0.119. The summed E-state index contributed by atoms with van der Waals surface area (Å²) in [6.07, 6.45) is 0. The van der Waals surface area contributed by atoms with Gasteiger partial charge in [-0.3, -0.25) is 0 Å². The molecule has 0 saturated heterocycles. The first kappa shape index (κ1) is 53.6. The van der Waals surface area contributed by atoms with Crippen LogP contribution in [0, 0.1) is 0 Å². The molecule has 0 unspecified atom stereocenters. The first-order valence-corrected chi connectivity index (χ1v) is 30.7. The maximum Gasteiger partial charge on any atom is 0.164 e. The molecule has 10 nitrogen and oxygen atoms in total. The van der Waals surface area contributed by atoms with E-state index in [4.69, 9.17) is 39.9 Å². The number of rotatable bonds is 12. The minimum Gasteiger partial charge on any atom is -0.309 e. The van der Waals surface area contributed by atoms with Crippen LogP contribution in [0.4, 0.5) is 0 Å². The van der Waals surface area contributed by atoms with Crippen molar-refractivity contribution in [2.24, 2.45) is 0 Å². The number of fused-ring (bicyclic) bond motifs is 6. The van der Waals surface area contributed by atoms with Crippen LogP contribution in [0.5, 0.6) is 0 Å². The minimum absolute atomic E-state index is 0.590. The molecule has 0 radical (unpaired) electrons. The van der Waals surface area contributed by atoms with Gasteiger partial charge >= 0.3 is 0 Å². The summed E-state index contributed by atoms with van der Waals surface area (Å²) in [6.45, 7) is 0. The molecule has 0 aliphatic carbocycles. The zero-order chi connectivity index (χ0) is 60.9. The summed E-state index contributed by atoms with van der Waals surface area (Å²) in [5, 5.41) is 4.34. The van der Waals surface area contributed by atoms with E-state index in [1.54, 1.807) is 0 Å². The molecule has 0 fully saturated rings. The molecule has 5 aromatic heterocycles. The number of hydrogen-bond donors (Lipinski definition) is 0. The fourth-order valence-electron chi connectivity index (χ4n) is 12.6. The molecule has 0 aliphatic rings. The Kier molecular flexibility index (Phi) is 13.3. The van der Waals surface area contributed by atoms with E-state index in [1.807, 2.05) is 133 Å². The lowest BCUT2D eigenvalue weighted by atomic mass is 9.99. The van der Waals surface area contributed by atoms with Gasteiger partial charge in [-0.2, -0.15) is 0 Å². The Balaban J connectivity index is 0.854. The Morgan fingerprint density at radius 3 is 0.957 bits per heavy atom. The van der Waals surface area contributed by atoms with Crippen molar-refractivity contribution in [1.29, 1.82) is 0 Å². The van der Waals surface area contributed by atoms with Crippen LogP contribution >= 0.6 is 0 Å². The largest absolute Gasteiger partial charge is 0.309 e. The van der Waals surface area contributed by atoms with Gasteiger partial charge in [-0.05, 0) is 90.5 Å². The standard InChI is InChI=1S/C82H52N10/c1-7-24-53(25-8-1)69-52-70(54-26-9-2-10-27-54)84-80(83-69)60-42-45-73(92-72-41-22-20-39-65(72)68-51-62(44-47-75(68)92)82-89-78(57-32-15-5-16-33-57)86-79(90-82)58-34-17-6-18-35-58)66(49-60)59-36-23-37-63(48-59)91-71-40-21-19-38-64(71)67-50-61(43-46-74(67)91)81-87-76(55-28-11-3-12-29-55)85-77(88-81)56-30-13-4-14-31-56/h1-52H. The van der Waals surface area contributed by atoms with Gasteiger partial charge in [0.05, 0.1) is 39.1 Å². The van der Waals surface area contributed by atoms with Crippen molar-refractivity contribution >= 4 is 43.6 Å². The molecule has 5 heterocycles. The van der Waals surface area contributed by atoms with Gasteiger partial charge in [0, 0.05) is 82.9 Å². The smallest absolute Gasteiger partial charge is 0.164 e. The monoisotopic (exact) mass is 1180 g/mol. The Morgan fingerprint density at radius 2 is 0.511 bits per heavy atom. The first-order valence-electron chi connectivity index (χ1n) is 30.7. The lowest BCUT2D eigenvalue weighted by molar-refractivity contribution is 1.07. The summed E-state index contributed by atoms with van der Waals surface area (Å²) in [4.78, 5) is 41.3. The zero-order valence-corrected chi connectivity index (χ0v) is 49.5. The molecule has 0 spiro atoms. The van der Waals surface area contributed by atoms with E-state index in [9.17, 15) is 0 Å². The molecule has 0 N–H and O–H groups in total. The van der Waals surface area contributed by atoms with Crippen molar-refractivity contribution in [2.45, 2.75) is 0 Å². The van der Waals surface area contributed by atoms with Gasteiger partial charge in [0.25, 0.3) is 0 Å². The summed E-state index contributed by atoms with van der Waals surface area (Å²) in [6, 6.07) is 109. The third kappa shape index (κ3) is 9.81. The number of benzene rings is 12. The van der Waals surface area contributed by atoms with Crippen LogP contribution in [0.15, 0.2) is 315 Å². The average molecular weight is 1180 g/mol. The summed E-state index contributed by atoms with van der Waals surface area (Å²) >= 11 is 0. The lowest BCUT2D eigenvalue weighted by Gasteiger charge is -2.17. The molecule has 0 amide bonds. The highest BCUT2D eigenvalue weighted by Gasteiger charge is 2.23. The van der Waals surface area contributed by atoms with Crippen LogP contribution in [0.2, 0.25) is 0 Å². The molecule has 0 saturated carbocycles. The highest BCUT2D eigenvalue weighted by Crippen LogP contribution is 2.42. The molecular formula is C82H52N10. The van der Waals surface area contributed by atoms with Crippen molar-refractivity contribution in [3.8, 4) is 125 Å². The predicted octanol–water partition coefficient (Wildman–Crippen LogP) is 19.7. The summed E-state index contributed by atoms with van der Waals surface area (Å²) in [7, 11) is 0. The fraction of sp³-hybridized carbons (Fsp3) is 0. The fourth-order valence-corrected chi connectivity index (χ4v) is 12.6. The Morgan fingerprint density at radius 1 is 0.185 bits per heavy atom. The van der Waals surface area contributed by atoms with Crippen molar-refractivity contribution in [1.82, 2.24) is 49.0 Å². The number of hydrogen-bond acceptors (Lipinski definition) is 8. The van der Waals surface area contributed by atoms with E-state index in [0.29, 0.717) is 40.8 Å². The molecular weight excluding hydrogens is 1120 g/mol. The predicted molar refractivity (Wildman–Crippen MR) is 372 cm³/mol. The molecule has 0 atom stereocenters. The maximum absolute atomic E-state index is 5.36. The Bertz CT molecular complexity index is 5450. The van der Waals surface area contributed by atoms with Gasteiger partial charge in [-0.1, -0.05) is 231 Å². The Hall–Kier alpha value is -12.7. The van der Waals surface area contributed by atoms with Gasteiger partial charge in [-0.15, -0.1) is 0 Å². The van der Waals surface area contributed by atoms with Crippen LogP contribution in [-0.2, 0) is 0 Å². The molecule has 17 rings (SSSR count). The third-order valence-electron chi connectivity index (χ3n) is 17.0. The molecule has 430 valence electrons. The van der Waals surface area contributed by atoms with E-state index in [2.05, 4.69) is 191 Å². The second kappa shape index (κ2) is 22.8. The van der Waals surface area contributed by atoms with Gasteiger partial charge in [0.1, 0.15) is 0 Å². The van der Waals surface area contributed by atoms with Gasteiger partial charge in [-0.25, -0.2) is 39.9 Å². The van der Waals surface area contributed by atoms with E-state index in [1.165, 1.54) is 0 Å². The topological polar surface area (TPSA) is 113 Å². The molecule has 10 heteroatoms. The zero-order valence-electron chi connectivity index (χ0n) is 49.5. The van der Waals surface area contributed by atoms with Gasteiger partial charge < -0.3 is 9.13 Å². The van der Waals surface area contributed by atoms with E-state index in [0.717, 1.165) is 128 Å². The first-order chi connectivity index (χ1) is 45.6. The molecule has 17 aromatic rings. The second-order valence-electron chi connectivity index (χ2n) is 22.7. The second-order valence-corrected chi connectivity index (χ2v) is 22.7. The lowest BCUT2D eigenvalue weighted by Crippen LogP contribution is -2.01. The van der Waals surface area contributed by atoms with Crippen LogP contribution in [0.25, 0.3) is 168 Å². The average Bonchev–Trinajstić information content (AvgIpc) is 1.59. The van der Waals surface area contributed by atoms with Gasteiger partial charge in [0.15, 0.2) is 40.8 Å². The van der Waals surface area contributed by atoms with E-state index >= 15 is 0 Å². The number of nitrogens with zero attached hydrogens (tertiary/aromatic N) is 10. The third-order valence-corrected chi connectivity index (χ3v) is 17.0. The maximum atomic E-state index is 5.36. The van der Waals surface area contributed by atoms with Gasteiger partial charge in [0.2, 0.25) is 0 Å². The van der Waals surface area contributed by atoms with Crippen LogP contribution < -0.4 is 0 Å². The normalized spacial score (nSPS) is 11.5. The molecule has 12 aromatic carbocycles. The van der Waals surface area contributed by atoms with Crippen LogP contribution in [0.1, 0.15) is 0 Å². The SMILES string of the molecule is c1ccc(-c2cc(-c3ccccc3)nc(-c3ccc(-n4c5ccccc5c5cc(-c6nc(-c7ccccc7)nc(-c7ccccc7)n6)ccc54)c(-c4cccc(-n5c6ccccc6c6cc(-c7nc(-c8ccccc8)nc(-c8ccccc8)n7)ccc65)c4)c3)n2)cc1. The van der Waals surface area contributed by atoms with Crippen molar-refractivity contribution in [2.75, 3.05) is 0 Å². The Labute approximate surface area is 529 Å². The highest BCUT2D eigenvalue weighted by atomic mass is 15.1. The number of para-hydroxylation sites is 2. The van der Waals surface area contributed by atoms with E-state index in [-0.39, 0.29) is 0 Å². The molecule has 92 heavy (non-hydrogen) atoms. The van der Waals surface area contributed by atoms with Crippen LogP contribution in [-0.4, -0.2) is 49.0 Å². The van der Waals surface area contributed by atoms with Crippen LogP contribution in [0.3, 0.4) is 0 Å². The summed E-state index contributed by atoms with van der Waals surface area (Å²) in [5.74, 6) is 4.26. The van der Waals surface area contributed by atoms with Crippen molar-refractivity contribution < 1.29 is 0 Å². The highest BCUT2D eigenvalue weighted by molar-refractivity contribution is 6.12.